The lowest BCUT2D eigenvalue weighted by atomic mass is 9.94. The second kappa shape index (κ2) is 6.59. The highest BCUT2D eigenvalue weighted by molar-refractivity contribution is 6.33. The van der Waals surface area contributed by atoms with Crippen molar-refractivity contribution in [2.75, 3.05) is 24.5 Å². The van der Waals surface area contributed by atoms with Gasteiger partial charge in [0, 0.05) is 24.6 Å². The molecule has 3 heterocycles. The Morgan fingerprint density at radius 1 is 1.36 bits per heavy atom. The van der Waals surface area contributed by atoms with E-state index in [1.165, 1.54) is 0 Å². The van der Waals surface area contributed by atoms with Gasteiger partial charge in [0.1, 0.15) is 11.3 Å². The van der Waals surface area contributed by atoms with Gasteiger partial charge in [-0.05, 0) is 19.0 Å². The van der Waals surface area contributed by atoms with Gasteiger partial charge in [-0.1, -0.05) is 29.8 Å². The number of fused-ring (bicyclic) bond motifs is 1. The predicted molar refractivity (Wildman–Crippen MR) is 97.5 cm³/mol. The minimum Gasteiger partial charge on any atom is -0.391 e. The molecule has 3 aromatic rings. The zero-order valence-electron chi connectivity index (χ0n) is 13.6. The van der Waals surface area contributed by atoms with E-state index >= 15 is 0 Å². The molecule has 7 nitrogen and oxygen atoms in total. The van der Waals surface area contributed by atoms with Crippen LogP contribution in [0.25, 0.3) is 22.4 Å². The highest BCUT2D eigenvalue weighted by atomic mass is 35.5. The second-order valence-corrected chi connectivity index (χ2v) is 6.68. The van der Waals surface area contributed by atoms with Gasteiger partial charge in [-0.25, -0.2) is 9.97 Å². The van der Waals surface area contributed by atoms with Gasteiger partial charge in [-0.15, -0.1) is 0 Å². The number of rotatable bonds is 3. The first kappa shape index (κ1) is 16.3. The first-order valence-corrected chi connectivity index (χ1v) is 8.64. The molecule has 2 aromatic heterocycles. The number of aliphatic hydroxyl groups is 1. The number of anilines is 1. The van der Waals surface area contributed by atoms with E-state index in [1.807, 2.05) is 29.2 Å². The first-order chi connectivity index (χ1) is 12.2. The number of nitrogens with one attached hydrogen (secondary N) is 1. The predicted octanol–water partition coefficient (Wildman–Crippen LogP) is 1.82. The molecule has 8 heteroatoms. The highest BCUT2D eigenvalue weighted by Crippen LogP contribution is 2.31. The normalized spacial score (nSPS) is 21.0. The number of nitrogens with zero attached hydrogens (tertiary/aromatic N) is 4. The van der Waals surface area contributed by atoms with Crippen LogP contribution in [0.2, 0.25) is 5.02 Å². The molecule has 0 radical (unpaired) electrons. The summed E-state index contributed by atoms with van der Waals surface area (Å²) in [5.41, 5.74) is 8.49. The molecule has 130 valence electrons. The van der Waals surface area contributed by atoms with Gasteiger partial charge in [0.15, 0.2) is 0 Å². The van der Waals surface area contributed by atoms with Crippen LogP contribution in [-0.2, 0) is 0 Å². The molecule has 4 rings (SSSR count). The third-order valence-electron chi connectivity index (χ3n) is 4.74. The maximum Gasteiger partial charge on any atom is 0.202 e. The molecule has 0 spiro atoms. The van der Waals surface area contributed by atoms with E-state index in [1.54, 1.807) is 6.20 Å². The van der Waals surface area contributed by atoms with E-state index in [-0.39, 0.29) is 5.92 Å². The molecular formula is C17H19ClN6O. The molecule has 0 amide bonds. The summed E-state index contributed by atoms with van der Waals surface area (Å²) in [6.07, 6.45) is 2.10. The summed E-state index contributed by atoms with van der Waals surface area (Å²) < 4.78 is 0. The summed E-state index contributed by atoms with van der Waals surface area (Å²) in [5.74, 6) is 0.851. The van der Waals surface area contributed by atoms with Crippen LogP contribution in [0.15, 0.2) is 30.5 Å². The highest BCUT2D eigenvalue weighted by Gasteiger charge is 2.27. The van der Waals surface area contributed by atoms with Crippen molar-refractivity contribution in [3.63, 3.8) is 0 Å². The van der Waals surface area contributed by atoms with Crippen molar-refractivity contribution < 1.29 is 5.11 Å². The Hall–Kier alpha value is -2.22. The summed E-state index contributed by atoms with van der Waals surface area (Å²) in [5, 5.41) is 18.1. The van der Waals surface area contributed by atoms with Gasteiger partial charge in [-0.3, -0.25) is 5.10 Å². The van der Waals surface area contributed by atoms with E-state index in [0.29, 0.717) is 35.1 Å². The number of aromatic nitrogens is 4. The molecule has 0 unspecified atom stereocenters. The number of halogens is 1. The van der Waals surface area contributed by atoms with Crippen LogP contribution >= 0.6 is 11.6 Å². The van der Waals surface area contributed by atoms with Gasteiger partial charge >= 0.3 is 0 Å². The van der Waals surface area contributed by atoms with Crippen LogP contribution in [0.4, 0.5) is 5.82 Å². The lowest BCUT2D eigenvalue weighted by Gasteiger charge is -2.35. The summed E-state index contributed by atoms with van der Waals surface area (Å²) in [6, 6.07) is 7.54. The first-order valence-electron chi connectivity index (χ1n) is 8.26. The Morgan fingerprint density at radius 2 is 2.20 bits per heavy atom. The molecule has 0 saturated carbocycles. The quantitative estimate of drug-likeness (QED) is 0.659. The number of H-pyrrole nitrogens is 1. The molecule has 0 bridgehead atoms. The lowest BCUT2D eigenvalue weighted by Crippen LogP contribution is -2.46. The fourth-order valence-corrected chi connectivity index (χ4v) is 3.48. The maximum absolute atomic E-state index is 10.2. The van der Waals surface area contributed by atoms with Crippen LogP contribution in [0.1, 0.15) is 6.42 Å². The minimum atomic E-state index is -0.450. The minimum absolute atomic E-state index is 0.144. The molecule has 1 fully saturated rings. The van der Waals surface area contributed by atoms with Crippen LogP contribution in [0, 0.1) is 5.92 Å². The van der Waals surface area contributed by atoms with Crippen molar-refractivity contribution >= 4 is 28.6 Å². The molecule has 25 heavy (non-hydrogen) atoms. The topological polar surface area (TPSA) is 104 Å². The Kier molecular flexibility index (Phi) is 4.29. The molecule has 4 N–H and O–H groups in total. The molecule has 1 aromatic carbocycles. The van der Waals surface area contributed by atoms with Crippen molar-refractivity contribution in [1.29, 1.82) is 0 Å². The molecule has 1 aliphatic rings. The largest absolute Gasteiger partial charge is 0.391 e. The van der Waals surface area contributed by atoms with Gasteiger partial charge in [0.2, 0.25) is 5.65 Å². The Labute approximate surface area is 149 Å². The zero-order chi connectivity index (χ0) is 17.4. The van der Waals surface area contributed by atoms with E-state index in [4.69, 9.17) is 17.3 Å². The van der Waals surface area contributed by atoms with Crippen molar-refractivity contribution in [3.05, 3.63) is 35.5 Å². The number of aromatic amines is 1. The van der Waals surface area contributed by atoms with E-state index in [9.17, 15) is 5.11 Å². The standard InChI is InChI=1S/C17H19ClN6O/c18-12-4-2-1-3-11(12)15-16-17(23-22-15)21-14(8-20-16)24-6-5-10(7-19)13(25)9-24/h1-4,8,10,13,25H,5-7,9,19H2,(H,21,22,23)/t10-,13+/m0/s1. The Morgan fingerprint density at radius 3 is 2.96 bits per heavy atom. The van der Waals surface area contributed by atoms with Crippen LogP contribution in [0.3, 0.4) is 0 Å². The van der Waals surface area contributed by atoms with Gasteiger partial charge < -0.3 is 15.7 Å². The number of benzene rings is 1. The fraction of sp³-hybridized carbons (Fsp3) is 0.353. The van der Waals surface area contributed by atoms with Crippen LogP contribution in [0.5, 0.6) is 0 Å². The summed E-state index contributed by atoms with van der Waals surface area (Å²) in [7, 11) is 0. The van der Waals surface area contributed by atoms with E-state index in [0.717, 1.165) is 24.2 Å². The van der Waals surface area contributed by atoms with E-state index < -0.39 is 6.10 Å². The number of hydrogen-bond acceptors (Lipinski definition) is 6. The fourth-order valence-electron chi connectivity index (χ4n) is 3.25. The number of nitrogens with two attached hydrogens (primary N) is 1. The van der Waals surface area contributed by atoms with Crippen LogP contribution in [-0.4, -0.2) is 51.0 Å². The Bertz CT molecular complexity index is 898. The number of hydrogen-bond donors (Lipinski definition) is 3. The maximum atomic E-state index is 10.2. The van der Waals surface area contributed by atoms with Gasteiger partial charge in [-0.2, -0.15) is 5.10 Å². The van der Waals surface area contributed by atoms with Crippen molar-refractivity contribution in [1.82, 2.24) is 20.2 Å². The third-order valence-corrected chi connectivity index (χ3v) is 5.07. The lowest BCUT2D eigenvalue weighted by molar-refractivity contribution is 0.0971. The molecular weight excluding hydrogens is 340 g/mol. The number of aliphatic hydroxyl groups excluding tert-OH is 1. The van der Waals surface area contributed by atoms with Gasteiger partial charge in [0.05, 0.1) is 23.0 Å². The monoisotopic (exact) mass is 358 g/mol. The number of β-amino-alcohol motifs (C(OH)–C–C–N with tert-alkyl or cyclic N) is 1. The average Bonchev–Trinajstić information content (AvgIpc) is 3.05. The summed E-state index contributed by atoms with van der Waals surface area (Å²) in [4.78, 5) is 11.2. The smallest absolute Gasteiger partial charge is 0.202 e. The SMILES string of the molecule is NC[C@@H]1CCN(c2cnc3c(-c4ccccc4Cl)[nH]nc3n2)C[C@H]1O. The molecule has 0 aliphatic carbocycles. The zero-order valence-corrected chi connectivity index (χ0v) is 14.3. The second-order valence-electron chi connectivity index (χ2n) is 6.28. The summed E-state index contributed by atoms with van der Waals surface area (Å²) in [6.45, 7) is 1.80. The molecule has 1 aliphatic heterocycles. The van der Waals surface area contributed by atoms with Gasteiger partial charge in [0.25, 0.3) is 0 Å². The van der Waals surface area contributed by atoms with Crippen molar-refractivity contribution in [3.8, 4) is 11.3 Å². The summed E-state index contributed by atoms with van der Waals surface area (Å²) >= 11 is 6.27. The molecule has 2 atom stereocenters. The Balaban J connectivity index is 1.66. The number of piperidine rings is 1. The van der Waals surface area contributed by atoms with Crippen LogP contribution < -0.4 is 10.6 Å². The third kappa shape index (κ3) is 2.95. The van der Waals surface area contributed by atoms with Crippen molar-refractivity contribution in [2.45, 2.75) is 12.5 Å². The average molecular weight is 359 g/mol. The van der Waals surface area contributed by atoms with E-state index in [2.05, 4.69) is 20.2 Å². The van der Waals surface area contributed by atoms with Crippen molar-refractivity contribution in [2.24, 2.45) is 11.7 Å². The molecule has 1 saturated heterocycles.